The number of hydrogen-bond acceptors (Lipinski definition) is 4. The molecule has 1 aliphatic heterocycles. The minimum atomic E-state index is -0.262. The van der Waals surface area contributed by atoms with Crippen LogP contribution in [0.3, 0.4) is 0 Å². The first kappa shape index (κ1) is 17.7. The fraction of sp³-hybridized carbons (Fsp3) is 0.450. The highest BCUT2D eigenvalue weighted by molar-refractivity contribution is 5.93. The summed E-state index contributed by atoms with van der Waals surface area (Å²) in [5.74, 6) is -0.0304. The Hall–Kier alpha value is -2.67. The van der Waals surface area contributed by atoms with Crippen LogP contribution in [0.2, 0.25) is 0 Å². The molecule has 1 aliphatic rings. The molecule has 7 heteroatoms. The number of fused-ring (bicyclic) bond motifs is 3. The molecule has 27 heavy (non-hydrogen) atoms. The summed E-state index contributed by atoms with van der Waals surface area (Å²) in [4.78, 5) is 31.0. The van der Waals surface area contributed by atoms with Gasteiger partial charge in [-0.3, -0.25) is 14.3 Å². The van der Waals surface area contributed by atoms with Gasteiger partial charge in [-0.1, -0.05) is 12.1 Å². The predicted molar refractivity (Wildman–Crippen MR) is 105 cm³/mol. The summed E-state index contributed by atoms with van der Waals surface area (Å²) in [6.07, 6.45) is 3.54. The van der Waals surface area contributed by atoms with E-state index >= 15 is 0 Å². The third-order valence-electron chi connectivity index (χ3n) is 5.21. The molecule has 0 radical (unpaired) electrons. The number of aryl methyl sites for hydroxylation is 1. The van der Waals surface area contributed by atoms with Gasteiger partial charge in [-0.25, -0.2) is 4.52 Å². The molecule has 0 bridgehead atoms. The van der Waals surface area contributed by atoms with E-state index in [1.807, 2.05) is 40.4 Å². The highest BCUT2D eigenvalue weighted by Crippen LogP contribution is 2.21. The lowest BCUT2D eigenvalue weighted by atomic mass is 10.2. The molecule has 1 aromatic carbocycles. The van der Waals surface area contributed by atoms with Crippen molar-refractivity contribution in [3.05, 3.63) is 46.4 Å². The molecule has 0 spiro atoms. The molecule has 1 saturated heterocycles. The van der Waals surface area contributed by atoms with Gasteiger partial charge in [-0.15, -0.1) is 0 Å². The van der Waals surface area contributed by atoms with E-state index in [1.54, 1.807) is 0 Å². The minimum Gasteiger partial charge on any atom is -0.354 e. The minimum absolute atomic E-state index is 0.0304. The molecule has 0 unspecified atom stereocenters. The molecular weight excluding hydrogens is 342 g/mol. The van der Waals surface area contributed by atoms with Crippen molar-refractivity contribution < 1.29 is 4.79 Å². The van der Waals surface area contributed by atoms with Gasteiger partial charge in [0.2, 0.25) is 5.91 Å². The Bertz CT molecular complexity index is 1030. The number of benzene rings is 1. The van der Waals surface area contributed by atoms with Crippen molar-refractivity contribution in [2.45, 2.75) is 32.7 Å². The maximum atomic E-state index is 12.5. The van der Waals surface area contributed by atoms with Crippen molar-refractivity contribution in [1.82, 2.24) is 24.4 Å². The largest absolute Gasteiger partial charge is 0.354 e. The van der Waals surface area contributed by atoms with Crippen LogP contribution in [0.4, 0.5) is 0 Å². The van der Waals surface area contributed by atoms with E-state index in [0.29, 0.717) is 12.2 Å². The lowest BCUT2D eigenvalue weighted by Gasteiger charge is -2.15. The van der Waals surface area contributed by atoms with Crippen LogP contribution >= 0.6 is 0 Å². The summed E-state index contributed by atoms with van der Waals surface area (Å²) in [6.45, 7) is 6.14. The Morgan fingerprint density at radius 3 is 2.81 bits per heavy atom. The van der Waals surface area contributed by atoms with Crippen molar-refractivity contribution in [3.63, 3.8) is 0 Å². The molecule has 4 rings (SSSR count). The van der Waals surface area contributed by atoms with Crippen LogP contribution in [-0.4, -0.2) is 51.2 Å². The van der Waals surface area contributed by atoms with Crippen LogP contribution in [0, 0.1) is 6.92 Å². The van der Waals surface area contributed by atoms with Gasteiger partial charge in [-0.2, -0.15) is 4.98 Å². The molecule has 3 aromatic rings. The van der Waals surface area contributed by atoms with Gasteiger partial charge in [0.05, 0.1) is 5.52 Å². The molecule has 1 amide bonds. The van der Waals surface area contributed by atoms with Crippen molar-refractivity contribution in [2.24, 2.45) is 0 Å². The van der Waals surface area contributed by atoms with E-state index in [1.165, 1.54) is 32.0 Å². The lowest BCUT2D eigenvalue weighted by Crippen LogP contribution is -2.32. The Balaban J connectivity index is 1.52. The molecule has 0 aliphatic carbocycles. The molecule has 3 heterocycles. The van der Waals surface area contributed by atoms with E-state index in [-0.39, 0.29) is 18.0 Å². The highest BCUT2D eigenvalue weighted by atomic mass is 16.2. The van der Waals surface area contributed by atoms with Crippen LogP contribution < -0.4 is 10.9 Å². The molecule has 1 N–H and O–H groups in total. The second-order valence-electron chi connectivity index (χ2n) is 7.20. The number of carbonyl (C=O) groups is 1. The van der Waals surface area contributed by atoms with Crippen molar-refractivity contribution in [3.8, 4) is 0 Å². The van der Waals surface area contributed by atoms with Crippen LogP contribution in [-0.2, 0) is 11.3 Å². The molecular formula is C20H25N5O2. The Labute approximate surface area is 157 Å². The number of nitrogens with one attached hydrogen (secondary N) is 1. The van der Waals surface area contributed by atoms with Gasteiger partial charge >= 0.3 is 0 Å². The summed E-state index contributed by atoms with van der Waals surface area (Å²) in [7, 11) is 0. The zero-order chi connectivity index (χ0) is 18.8. The summed E-state index contributed by atoms with van der Waals surface area (Å²) in [6, 6.07) is 9.23. The van der Waals surface area contributed by atoms with Gasteiger partial charge in [0.1, 0.15) is 6.54 Å². The fourth-order valence-corrected chi connectivity index (χ4v) is 3.95. The molecule has 2 aromatic heterocycles. The maximum absolute atomic E-state index is 12.5. The first-order valence-electron chi connectivity index (χ1n) is 9.60. The standard InChI is InChI=1S/C20H25N5O2/c1-15-13-18(26)22-20-16-7-2-3-8-17(16)24(25(15)20)14-19(27)21-9-6-12-23-10-4-5-11-23/h2-3,7-8,13H,4-6,9-12,14H2,1H3,(H,21,27). The summed E-state index contributed by atoms with van der Waals surface area (Å²) < 4.78 is 3.75. The first-order chi connectivity index (χ1) is 13.1. The van der Waals surface area contributed by atoms with Gasteiger partial charge in [0.15, 0.2) is 5.65 Å². The number of amides is 1. The van der Waals surface area contributed by atoms with E-state index in [0.717, 1.165) is 29.6 Å². The summed E-state index contributed by atoms with van der Waals surface area (Å²) >= 11 is 0. The fourth-order valence-electron chi connectivity index (χ4n) is 3.95. The quantitative estimate of drug-likeness (QED) is 0.671. The average molecular weight is 367 g/mol. The van der Waals surface area contributed by atoms with Crippen LogP contribution in [0.1, 0.15) is 25.0 Å². The molecule has 7 nitrogen and oxygen atoms in total. The third-order valence-corrected chi connectivity index (χ3v) is 5.21. The number of rotatable bonds is 6. The number of hydrogen-bond donors (Lipinski definition) is 1. The second-order valence-corrected chi connectivity index (χ2v) is 7.20. The SMILES string of the molecule is Cc1cc(=O)nc2c3ccccc3n(CC(=O)NCCCN3CCCC3)n12. The van der Waals surface area contributed by atoms with E-state index < -0.39 is 0 Å². The monoisotopic (exact) mass is 367 g/mol. The molecule has 1 fully saturated rings. The van der Waals surface area contributed by atoms with Crippen LogP contribution in [0.25, 0.3) is 16.6 Å². The second kappa shape index (κ2) is 7.52. The van der Waals surface area contributed by atoms with Crippen LogP contribution in [0.5, 0.6) is 0 Å². The zero-order valence-corrected chi connectivity index (χ0v) is 15.6. The maximum Gasteiger partial charge on any atom is 0.273 e. The first-order valence-corrected chi connectivity index (χ1v) is 9.60. The Morgan fingerprint density at radius 2 is 2.00 bits per heavy atom. The van der Waals surface area contributed by atoms with E-state index in [9.17, 15) is 9.59 Å². The smallest absolute Gasteiger partial charge is 0.273 e. The lowest BCUT2D eigenvalue weighted by molar-refractivity contribution is -0.121. The topological polar surface area (TPSA) is 71.6 Å². The number of nitrogens with zero attached hydrogens (tertiary/aromatic N) is 4. The predicted octanol–water partition coefficient (Wildman–Crippen LogP) is 1.56. The van der Waals surface area contributed by atoms with Gasteiger partial charge in [0.25, 0.3) is 5.56 Å². The molecule has 142 valence electrons. The molecule has 0 saturated carbocycles. The summed E-state index contributed by atoms with van der Waals surface area (Å²) in [5, 5.41) is 3.90. The zero-order valence-electron chi connectivity index (χ0n) is 15.6. The normalized spacial score (nSPS) is 15.0. The average Bonchev–Trinajstić information content (AvgIpc) is 3.26. The Kier molecular flexibility index (Phi) is 4.94. The van der Waals surface area contributed by atoms with Crippen LogP contribution in [0.15, 0.2) is 35.1 Å². The number of likely N-dealkylation sites (tertiary alicyclic amines) is 1. The van der Waals surface area contributed by atoms with Gasteiger partial charge in [-0.05, 0) is 58.0 Å². The van der Waals surface area contributed by atoms with Crippen molar-refractivity contribution in [2.75, 3.05) is 26.2 Å². The molecule has 0 atom stereocenters. The number of para-hydroxylation sites is 1. The van der Waals surface area contributed by atoms with Crippen molar-refractivity contribution in [1.29, 1.82) is 0 Å². The Morgan fingerprint density at radius 1 is 1.22 bits per heavy atom. The van der Waals surface area contributed by atoms with Gasteiger partial charge < -0.3 is 10.2 Å². The van der Waals surface area contributed by atoms with Gasteiger partial charge in [0, 0.05) is 23.7 Å². The highest BCUT2D eigenvalue weighted by Gasteiger charge is 2.15. The third kappa shape index (κ3) is 3.60. The van der Waals surface area contributed by atoms with Crippen molar-refractivity contribution >= 4 is 22.5 Å². The summed E-state index contributed by atoms with van der Waals surface area (Å²) in [5.41, 5.74) is 1.99. The van der Waals surface area contributed by atoms with E-state index in [2.05, 4.69) is 15.2 Å². The van der Waals surface area contributed by atoms with E-state index in [4.69, 9.17) is 0 Å². The number of carbonyl (C=O) groups excluding carboxylic acids is 1. The number of aromatic nitrogens is 3.